The first-order chi connectivity index (χ1) is 14.6. The number of aromatic nitrogens is 1. The Morgan fingerprint density at radius 1 is 1.27 bits per heavy atom. The highest BCUT2D eigenvalue weighted by Gasteiger charge is 2.46. The Hall–Kier alpha value is -2.97. The van der Waals surface area contributed by atoms with Gasteiger partial charge in [0.2, 0.25) is 5.91 Å². The molecule has 1 aromatic heterocycles. The predicted octanol–water partition coefficient (Wildman–Crippen LogP) is 1.82. The number of hydrogen-bond donors (Lipinski definition) is 2. The monoisotopic (exact) mass is 412 g/mol. The van der Waals surface area contributed by atoms with Crippen molar-refractivity contribution in [2.45, 2.75) is 43.5 Å². The number of amides is 1. The number of esters is 1. The average molecular weight is 412 g/mol. The lowest BCUT2D eigenvalue weighted by Gasteiger charge is -2.36. The summed E-state index contributed by atoms with van der Waals surface area (Å²) in [6.45, 7) is -0.206. The molecule has 30 heavy (non-hydrogen) atoms. The molecule has 0 saturated carbocycles. The molecule has 0 unspecified atom stereocenters. The first kappa shape index (κ1) is 20.3. The van der Waals surface area contributed by atoms with Crippen LogP contribution in [0.25, 0.3) is 0 Å². The fourth-order valence-corrected chi connectivity index (χ4v) is 4.13. The summed E-state index contributed by atoms with van der Waals surface area (Å²) in [6.07, 6.45) is 3.02. The zero-order valence-electron chi connectivity index (χ0n) is 16.6. The van der Waals surface area contributed by atoms with Crippen molar-refractivity contribution in [3.8, 4) is 5.75 Å². The number of rotatable bonds is 6. The molecule has 4 rings (SSSR count). The number of carbonyl (C=O) groups is 2. The number of aliphatic hydroxyl groups excluding tert-OH is 1. The number of aliphatic hydroxyl groups is 1. The van der Waals surface area contributed by atoms with Crippen LogP contribution in [0.1, 0.15) is 29.9 Å². The third-order valence-corrected chi connectivity index (χ3v) is 5.52. The molecule has 8 nitrogen and oxygen atoms in total. The van der Waals surface area contributed by atoms with Crippen LogP contribution in [-0.2, 0) is 25.5 Å². The van der Waals surface area contributed by atoms with Crippen LogP contribution < -0.4 is 10.1 Å². The van der Waals surface area contributed by atoms with E-state index in [1.807, 2.05) is 12.1 Å². The quantitative estimate of drug-likeness (QED) is 0.697. The van der Waals surface area contributed by atoms with Gasteiger partial charge in [0.05, 0.1) is 32.7 Å². The van der Waals surface area contributed by atoms with Crippen molar-refractivity contribution in [2.75, 3.05) is 19.0 Å². The Bertz CT molecular complexity index is 919. The predicted molar refractivity (Wildman–Crippen MR) is 107 cm³/mol. The average Bonchev–Trinajstić information content (AvgIpc) is 3.11. The minimum Gasteiger partial charge on any atom is -0.487 e. The van der Waals surface area contributed by atoms with Crippen LogP contribution in [0.4, 0.5) is 5.69 Å². The highest BCUT2D eigenvalue weighted by molar-refractivity contribution is 5.92. The zero-order valence-corrected chi connectivity index (χ0v) is 16.6. The summed E-state index contributed by atoms with van der Waals surface area (Å²) in [4.78, 5) is 28.0. The van der Waals surface area contributed by atoms with Crippen molar-refractivity contribution in [3.05, 3.63) is 53.9 Å². The SMILES string of the molecule is COC(=O)C[C@@H]1C[C@@H]2c3cc(NC(=O)Cc4ccncc4)ccc3O[C@@H]2[C@@H](CO)O1. The maximum atomic E-state index is 12.4. The van der Waals surface area contributed by atoms with Gasteiger partial charge < -0.3 is 24.6 Å². The van der Waals surface area contributed by atoms with Crippen LogP contribution in [0.2, 0.25) is 0 Å². The number of methoxy groups -OCH3 is 1. The Balaban J connectivity index is 1.49. The van der Waals surface area contributed by atoms with E-state index in [-0.39, 0.29) is 49.5 Å². The largest absolute Gasteiger partial charge is 0.487 e. The van der Waals surface area contributed by atoms with Crippen LogP contribution in [0, 0.1) is 0 Å². The summed E-state index contributed by atoms with van der Waals surface area (Å²) in [7, 11) is 1.34. The fourth-order valence-electron chi connectivity index (χ4n) is 4.13. The Morgan fingerprint density at radius 3 is 2.80 bits per heavy atom. The van der Waals surface area contributed by atoms with E-state index in [0.717, 1.165) is 11.1 Å². The topological polar surface area (TPSA) is 107 Å². The molecule has 3 heterocycles. The summed E-state index contributed by atoms with van der Waals surface area (Å²) >= 11 is 0. The van der Waals surface area contributed by atoms with Crippen LogP contribution >= 0.6 is 0 Å². The zero-order chi connectivity index (χ0) is 21.1. The van der Waals surface area contributed by atoms with Gasteiger partial charge in [-0.2, -0.15) is 0 Å². The lowest BCUT2D eigenvalue weighted by atomic mass is 9.84. The van der Waals surface area contributed by atoms with E-state index in [4.69, 9.17) is 14.2 Å². The van der Waals surface area contributed by atoms with Crippen LogP contribution in [0.5, 0.6) is 5.75 Å². The summed E-state index contributed by atoms with van der Waals surface area (Å²) < 4.78 is 16.6. The van der Waals surface area contributed by atoms with Crippen molar-refractivity contribution < 1.29 is 28.9 Å². The molecule has 4 atom stereocenters. The van der Waals surface area contributed by atoms with Crippen molar-refractivity contribution in [1.82, 2.24) is 4.98 Å². The molecule has 1 fully saturated rings. The Kier molecular flexibility index (Phi) is 5.96. The van der Waals surface area contributed by atoms with Gasteiger partial charge in [0.15, 0.2) is 0 Å². The smallest absolute Gasteiger partial charge is 0.308 e. The van der Waals surface area contributed by atoms with Gasteiger partial charge in [-0.15, -0.1) is 0 Å². The molecule has 0 radical (unpaired) electrons. The number of carbonyl (C=O) groups excluding carboxylic acids is 2. The highest BCUT2D eigenvalue weighted by Crippen LogP contribution is 2.47. The van der Waals surface area contributed by atoms with Crippen molar-refractivity contribution in [1.29, 1.82) is 0 Å². The number of benzene rings is 1. The number of nitrogens with one attached hydrogen (secondary N) is 1. The van der Waals surface area contributed by atoms with Gasteiger partial charge in [-0.05, 0) is 42.3 Å². The molecule has 2 aliphatic heterocycles. The first-order valence-corrected chi connectivity index (χ1v) is 9.90. The van der Waals surface area contributed by atoms with E-state index in [1.54, 1.807) is 30.6 Å². The first-order valence-electron chi connectivity index (χ1n) is 9.90. The summed E-state index contributed by atoms with van der Waals surface area (Å²) in [5.74, 6) is 0.183. The second-order valence-corrected chi connectivity index (χ2v) is 7.52. The van der Waals surface area contributed by atoms with Crippen LogP contribution in [0.15, 0.2) is 42.7 Å². The van der Waals surface area contributed by atoms with E-state index in [9.17, 15) is 14.7 Å². The second kappa shape index (κ2) is 8.81. The molecule has 8 heteroatoms. The standard InChI is InChI=1S/C22H24N2O6/c1-28-21(27)11-15-10-17-16-9-14(24-20(26)8-13-4-6-23-7-5-13)2-3-18(16)30-22(17)19(12-25)29-15/h2-7,9,15,17,19,22,25H,8,10-12H2,1H3,(H,24,26)/t15-,17+,19+,22-/m0/s1. The van der Waals surface area contributed by atoms with Gasteiger partial charge in [-0.3, -0.25) is 14.6 Å². The highest BCUT2D eigenvalue weighted by atomic mass is 16.6. The van der Waals surface area contributed by atoms with Gasteiger partial charge in [0.25, 0.3) is 0 Å². The molecule has 0 bridgehead atoms. The molecule has 1 saturated heterocycles. The molecule has 1 aromatic carbocycles. The van der Waals surface area contributed by atoms with E-state index < -0.39 is 6.10 Å². The normalized spacial score (nSPS) is 24.3. The van der Waals surface area contributed by atoms with Crippen molar-refractivity contribution >= 4 is 17.6 Å². The third-order valence-electron chi connectivity index (χ3n) is 5.52. The number of pyridine rings is 1. The molecule has 158 valence electrons. The maximum absolute atomic E-state index is 12.4. The van der Waals surface area contributed by atoms with Crippen LogP contribution in [-0.4, -0.2) is 54.0 Å². The third kappa shape index (κ3) is 4.29. The number of fused-ring (bicyclic) bond motifs is 3. The van der Waals surface area contributed by atoms with E-state index in [0.29, 0.717) is 17.9 Å². The lowest BCUT2D eigenvalue weighted by molar-refractivity contribution is -0.156. The van der Waals surface area contributed by atoms with Gasteiger partial charge >= 0.3 is 5.97 Å². The summed E-state index contributed by atoms with van der Waals surface area (Å²) in [6, 6.07) is 9.12. The number of nitrogens with zero attached hydrogens (tertiary/aromatic N) is 1. The fraction of sp³-hybridized carbons (Fsp3) is 0.409. The Morgan fingerprint density at radius 2 is 2.07 bits per heavy atom. The number of hydrogen-bond acceptors (Lipinski definition) is 7. The summed E-state index contributed by atoms with van der Waals surface area (Å²) in [5, 5.41) is 12.7. The Labute approximate surface area is 174 Å². The van der Waals surface area contributed by atoms with Gasteiger partial charge in [-0.1, -0.05) is 0 Å². The van der Waals surface area contributed by atoms with E-state index in [2.05, 4.69) is 10.3 Å². The molecule has 2 N–H and O–H groups in total. The number of ether oxygens (including phenoxy) is 3. The second-order valence-electron chi connectivity index (χ2n) is 7.52. The molecule has 2 aliphatic rings. The molecule has 0 spiro atoms. The van der Waals surface area contributed by atoms with Crippen LogP contribution in [0.3, 0.4) is 0 Å². The lowest BCUT2D eigenvalue weighted by Crippen LogP contribution is -2.46. The summed E-state index contributed by atoms with van der Waals surface area (Å²) in [5.41, 5.74) is 2.50. The molecular formula is C22H24N2O6. The molecule has 2 aromatic rings. The molecule has 1 amide bonds. The van der Waals surface area contributed by atoms with E-state index >= 15 is 0 Å². The van der Waals surface area contributed by atoms with E-state index in [1.165, 1.54) is 7.11 Å². The number of anilines is 1. The minimum absolute atomic E-state index is 0.0439. The van der Waals surface area contributed by atoms with Crippen molar-refractivity contribution in [2.24, 2.45) is 0 Å². The molecular weight excluding hydrogens is 388 g/mol. The van der Waals surface area contributed by atoms with Gasteiger partial charge in [-0.25, -0.2) is 0 Å². The van der Waals surface area contributed by atoms with Gasteiger partial charge in [0, 0.05) is 29.6 Å². The van der Waals surface area contributed by atoms with Gasteiger partial charge in [0.1, 0.15) is 18.0 Å². The molecule has 0 aliphatic carbocycles. The minimum atomic E-state index is -0.532. The maximum Gasteiger partial charge on any atom is 0.308 e. The van der Waals surface area contributed by atoms with Crippen molar-refractivity contribution in [3.63, 3.8) is 0 Å².